The third kappa shape index (κ3) is 2.41. The van der Waals surface area contributed by atoms with E-state index in [9.17, 15) is 4.79 Å². The Morgan fingerprint density at radius 1 is 1.29 bits per heavy atom. The van der Waals surface area contributed by atoms with Gasteiger partial charge in [0, 0.05) is 25.4 Å². The molecule has 1 N–H and O–H groups in total. The molecule has 3 heteroatoms. The van der Waals surface area contributed by atoms with Crippen molar-refractivity contribution in [1.82, 2.24) is 5.32 Å². The number of carbonyl (C=O) groups excluding carboxylic acids is 1. The molecule has 0 amide bonds. The molecule has 3 rings (SSSR count). The molecule has 0 aromatic rings. The first-order valence-corrected chi connectivity index (χ1v) is 7.19. The number of ether oxygens (including phenoxy) is 1. The van der Waals surface area contributed by atoms with Gasteiger partial charge in [-0.25, -0.2) is 0 Å². The zero-order valence-electron chi connectivity index (χ0n) is 10.5. The Morgan fingerprint density at radius 2 is 2.12 bits per heavy atom. The van der Waals surface area contributed by atoms with Crippen LogP contribution in [0.3, 0.4) is 0 Å². The number of ketones is 1. The van der Waals surface area contributed by atoms with E-state index in [-0.39, 0.29) is 11.5 Å². The van der Waals surface area contributed by atoms with Gasteiger partial charge in [-0.15, -0.1) is 0 Å². The summed E-state index contributed by atoms with van der Waals surface area (Å²) in [4.78, 5) is 11.8. The lowest BCUT2D eigenvalue weighted by molar-refractivity contribution is -0.126. The van der Waals surface area contributed by atoms with Crippen LogP contribution in [0, 0.1) is 5.92 Å². The second-order valence-electron chi connectivity index (χ2n) is 6.02. The molecule has 2 heterocycles. The number of Topliss-reactive ketones (excluding diaryl/α,β-unsaturated/α-hetero) is 1. The van der Waals surface area contributed by atoms with Gasteiger partial charge in [0.1, 0.15) is 5.78 Å². The molecule has 0 bridgehead atoms. The quantitative estimate of drug-likeness (QED) is 0.799. The average molecular weight is 237 g/mol. The zero-order chi connectivity index (χ0) is 11.7. The molecule has 1 saturated carbocycles. The molecule has 2 saturated heterocycles. The van der Waals surface area contributed by atoms with Gasteiger partial charge in [0.2, 0.25) is 0 Å². The van der Waals surface area contributed by atoms with Gasteiger partial charge in [-0.05, 0) is 32.1 Å². The highest BCUT2D eigenvalue weighted by Gasteiger charge is 2.43. The highest BCUT2D eigenvalue weighted by atomic mass is 16.5. The Labute approximate surface area is 103 Å². The minimum Gasteiger partial charge on any atom is -0.372 e. The fourth-order valence-electron chi connectivity index (χ4n) is 3.79. The smallest absolute Gasteiger partial charge is 0.138 e. The minimum absolute atomic E-state index is 0.213. The molecule has 2 atom stereocenters. The lowest BCUT2D eigenvalue weighted by atomic mass is 9.91. The summed E-state index contributed by atoms with van der Waals surface area (Å²) < 4.78 is 6.28. The molecule has 3 nitrogen and oxygen atoms in total. The lowest BCUT2D eigenvalue weighted by Gasteiger charge is -2.27. The van der Waals surface area contributed by atoms with Gasteiger partial charge < -0.3 is 10.1 Å². The maximum Gasteiger partial charge on any atom is 0.138 e. The van der Waals surface area contributed by atoms with Crippen LogP contribution < -0.4 is 5.32 Å². The van der Waals surface area contributed by atoms with Crippen molar-refractivity contribution >= 4 is 5.78 Å². The predicted octanol–water partition coefficient (Wildman–Crippen LogP) is 2.05. The van der Waals surface area contributed by atoms with Crippen LogP contribution in [-0.4, -0.2) is 30.6 Å². The predicted molar refractivity (Wildman–Crippen MR) is 65.9 cm³/mol. The standard InChI is InChI=1S/C14H23NO2/c16-13-4-8-15-10-11(13)9-12-3-7-14(17-12)5-1-2-6-14/h11-12,15H,1-10H2. The fraction of sp³-hybridized carbons (Fsp3) is 0.929. The molecule has 96 valence electrons. The van der Waals surface area contributed by atoms with Crippen LogP contribution in [-0.2, 0) is 9.53 Å². The van der Waals surface area contributed by atoms with Crippen molar-refractivity contribution in [2.24, 2.45) is 5.92 Å². The zero-order valence-corrected chi connectivity index (χ0v) is 10.5. The van der Waals surface area contributed by atoms with E-state index in [2.05, 4.69) is 5.32 Å². The Hall–Kier alpha value is -0.410. The average Bonchev–Trinajstić information content (AvgIpc) is 2.94. The number of nitrogens with one attached hydrogen (secondary N) is 1. The summed E-state index contributed by atoms with van der Waals surface area (Å²) in [5, 5.41) is 3.32. The molecule has 1 spiro atoms. The SMILES string of the molecule is O=C1CCNCC1CC1CCC2(CCCC2)O1. The summed E-state index contributed by atoms with van der Waals surface area (Å²) in [6.07, 6.45) is 9.57. The van der Waals surface area contributed by atoms with Crippen LogP contribution in [0.5, 0.6) is 0 Å². The van der Waals surface area contributed by atoms with Crippen LogP contribution in [0.25, 0.3) is 0 Å². The molecule has 0 aromatic heterocycles. The van der Waals surface area contributed by atoms with E-state index in [0.29, 0.717) is 18.3 Å². The second-order valence-corrected chi connectivity index (χ2v) is 6.02. The van der Waals surface area contributed by atoms with Gasteiger partial charge in [0.15, 0.2) is 0 Å². The largest absolute Gasteiger partial charge is 0.372 e. The number of carbonyl (C=O) groups is 1. The Balaban J connectivity index is 1.54. The summed E-state index contributed by atoms with van der Waals surface area (Å²) >= 11 is 0. The van der Waals surface area contributed by atoms with Gasteiger partial charge in [-0.2, -0.15) is 0 Å². The van der Waals surface area contributed by atoms with E-state index in [1.807, 2.05) is 0 Å². The van der Waals surface area contributed by atoms with E-state index in [0.717, 1.165) is 19.5 Å². The second kappa shape index (κ2) is 4.69. The van der Waals surface area contributed by atoms with Crippen molar-refractivity contribution < 1.29 is 9.53 Å². The van der Waals surface area contributed by atoms with Crippen molar-refractivity contribution in [2.45, 2.75) is 63.1 Å². The molecule has 0 radical (unpaired) electrons. The summed E-state index contributed by atoms with van der Waals surface area (Å²) in [6.45, 7) is 1.73. The molecule has 17 heavy (non-hydrogen) atoms. The van der Waals surface area contributed by atoms with Gasteiger partial charge in [-0.1, -0.05) is 12.8 Å². The number of piperidine rings is 1. The Morgan fingerprint density at radius 3 is 2.88 bits per heavy atom. The summed E-state index contributed by atoms with van der Waals surface area (Å²) in [7, 11) is 0. The van der Waals surface area contributed by atoms with Gasteiger partial charge >= 0.3 is 0 Å². The molecular formula is C14H23NO2. The summed E-state index contributed by atoms with van der Waals surface area (Å²) in [5.74, 6) is 0.657. The summed E-state index contributed by atoms with van der Waals surface area (Å²) in [6, 6.07) is 0. The van der Waals surface area contributed by atoms with Crippen LogP contribution in [0.15, 0.2) is 0 Å². The number of rotatable bonds is 2. The minimum atomic E-state index is 0.213. The van der Waals surface area contributed by atoms with Crippen LogP contribution >= 0.6 is 0 Å². The van der Waals surface area contributed by atoms with Gasteiger partial charge in [0.05, 0.1) is 11.7 Å². The molecule has 3 aliphatic rings. The van der Waals surface area contributed by atoms with E-state index in [1.54, 1.807) is 0 Å². The van der Waals surface area contributed by atoms with Crippen molar-refractivity contribution in [3.63, 3.8) is 0 Å². The topological polar surface area (TPSA) is 38.3 Å². The molecule has 3 fully saturated rings. The first-order valence-electron chi connectivity index (χ1n) is 7.19. The van der Waals surface area contributed by atoms with Crippen molar-refractivity contribution in [3.05, 3.63) is 0 Å². The van der Waals surface area contributed by atoms with E-state index >= 15 is 0 Å². The monoisotopic (exact) mass is 237 g/mol. The summed E-state index contributed by atoms with van der Waals surface area (Å²) in [5.41, 5.74) is 0.218. The van der Waals surface area contributed by atoms with Crippen LogP contribution in [0.1, 0.15) is 51.4 Å². The Bertz CT molecular complexity index is 297. The maximum atomic E-state index is 11.8. The van der Waals surface area contributed by atoms with Crippen molar-refractivity contribution in [2.75, 3.05) is 13.1 Å². The third-order valence-corrected chi connectivity index (χ3v) is 4.80. The Kier molecular flexibility index (Phi) is 3.22. The van der Waals surface area contributed by atoms with Crippen molar-refractivity contribution in [1.29, 1.82) is 0 Å². The molecule has 2 unspecified atom stereocenters. The normalized spacial score (nSPS) is 36.8. The molecule has 0 aromatic carbocycles. The molecular weight excluding hydrogens is 214 g/mol. The van der Waals surface area contributed by atoms with Crippen LogP contribution in [0.2, 0.25) is 0 Å². The molecule has 2 aliphatic heterocycles. The molecule has 1 aliphatic carbocycles. The number of hydrogen-bond acceptors (Lipinski definition) is 3. The third-order valence-electron chi connectivity index (χ3n) is 4.80. The van der Waals surface area contributed by atoms with E-state index in [1.165, 1.54) is 38.5 Å². The highest BCUT2D eigenvalue weighted by Crippen LogP contribution is 2.44. The highest BCUT2D eigenvalue weighted by molar-refractivity contribution is 5.82. The van der Waals surface area contributed by atoms with E-state index < -0.39 is 0 Å². The lowest BCUT2D eigenvalue weighted by Crippen LogP contribution is -2.39. The number of hydrogen-bond donors (Lipinski definition) is 1. The first-order chi connectivity index (χ1) is 8.27. The first kappa shape index (κ1) is 11.7. The van der Waals surface area contributed by atoms with Crippen molar-refractivity contribution in [3.8, 4) is 0 Å². The maximum absolute atomic E-state index is 11.8. The van der Waals surface area contributed by atoms with Gasteiger partial charge in [-0.3, -0.25) is 4.79 Å². The van der Waals surface area contributed by atoms with Gasteiger partial charge in [0.25, 0.3) is 0 Å². The van der Waals surface area contributed by atoms with Crippen LogP contribution in [0.4, 0.5) is 0 Å². The fourth-order valence-corrected chi connectivity index (χ4v) is 3.79. The van der Waals surface area contributed by atoms with E-state index in [4.69, 9.17) is 4.74 Å².